The van der Waals surface area contributed by atoms with Crippen LogP contribution in [-0.4, -0.2) is 9.55 Å². The van der Waals surface area contributed by atoms with E-state index in [9.17, 15) is 4.79 Å². The minimum Gasteiger partial charge on any atom is -0.311 e. The van der Waals surface area contributed by atoms with Gasteiger partial charge in [0.2, 0.25) is 0 Å². The molecule has 3 rings (SSSR count). The number of hydrogen-bond acceptors (Lipinski definition) is 2. The fourth-order valence-electron chi connectivity index (χ4n) is 2.18. The smallest absolute Gasteiger partial charge is 0.250 e. The van der Waals surface area contributed by atoms with Gasteiger partial charge in [0.25, 0.3) is 5.56 Å². The van der Waals surface area contributed by atoms with Crippen molar-refractivity contribution in [3.63, 3.8) is 0 Å². The van der Waals surface area contributed by atoms with Crippen LogP contribution < -0.4 is 5.56 Å². The second kappa shape index (κ2) is 5.10. The lowest BCUT2D eigenvalue weighted by Crippen LogP contribution is -2.18. The Morgan fingerprint density at radius 2 is 2.05 bits per heavy atom. The highest BCUT2D eigenvalue weighted by Gasteiger charge is 2.06. The second-order valence-corrected chi connectivity index (χ2v) is 5.16. The van der Waals surface area contributed by atoms with Crippen molar-refractivity contribution in [2.75, 3.05) is 0 Å². The Labute approximate surface area is 121 Å². The van der Waals surface area contributed by atoms with Crippen molar-refractivity contribution in [3.8, 4) is 0 Å². The molecule has 3 aromatic rings. The second-order valence-electron chi connectivity index (χ2n) is 4.80. The van der Waals surface area contributed by atoms with E-state index in [1.807, 2.05) is 37.3 Å². The van der Waals surface area contributed by atoms with Gasteiger partial charge in [-0.05, 0) is 30.7 Å². The number of fused-ring (bicyclic) bond motifs is 1. The number of aryl methyl sites for hydroxylation is 1. The molecule has 0 spiro atoms. The molecular weight excluding hydrogens is 272 g/mol. The molecule has 0 N–H and O–H groups in total. The number of hydrogen-bond donors (Lipinski definition) is 0. The number of rotatable bonds is 2. The first-order valence-electron chi connectivity index (χ1n) is 6.35. The van der Waals surface area contributed by atoms with Crippen LogP contribution in [0.1, 0.15) is 11.1 Å². The Bertz CT molecular complexity index is 839. The molecule has 0 atom stereocenters. The van der Waals surface area contributed by atoms with Gasteiger partial charge in [0.1, 0.15) is 5.15 Å². The maximum atomic E-state index is 11.7. The third kappa shape index (κ3) is 2.45. The van der Waals surface area contributed by atoms with Gasteiger partial charge in [0, 0.05) is 23.2 Å². The van der Waals surface area contributed by atoms with Crippen LogP contribution in [0.2, 0.25) is 5.15 Å². The van der Waals surface area contributed by atoms with E-state index in [0.29, 0.717) is 11.7 Å². The van der Waals surface area contributed by atoms with E-state index in [2.05, 4.69) is 4.98 Å². The Hall–Kier alpha value is -2.13. The fourth-order valence-corrected chi connectivity index (χ4v) is 2.39. The zero-order valence-electron chi connectivity index (χ0n) is 11.0. The zero-order chi connectivity index (χ0) is 14.1. The number of aromatic nitrogens is 2. The molecule has 0 aliphatic carbocycles. The standard InChI is InChI=1S/C16H13ClN2O/c1-11-5-6-12-9-13(16(17)18-14(12)8-11)10-19-7-3-2-4-15(19)20/h2-9H,10H2,1H3. The maximum Gasteiger partial charge on any atom is 0.250 e. The molecule has 0 bridgehead atoms. The third-order valence-electron chi connectivity index (χ3n) is 3.24. The molecule has 100 valence electrons. The molecule has 4 heteroatoms. The van der Waals surface area contributed by atoms with Gasteiger partial charge >= 0.3 is 0 Å². The molecule has 0 fully saturated rings. The van der Waals surface area contributed by atoms with Gasteiger partial charge in [0.15, 0.2) is 0 Å². The molecule has 0 saturated carbocycles. The molecule has 2 heterocycles. The van der Waals surface area contributed by atoms with Gasteiger partial charge in [-0.15, -0.1) is 0 Å². The summed E-state index contributed by atoms with van der Waals surface area (Å²) in [6, 6.07) is 13.1. The first-order valence-corrected chi connectivity index (χ1v) is 6.72. The summed E-state index contributed by atoms with van der Waals surface area (Å²) in [4.78, 5) is 16.2. The van der Waals surface area contributed by atoms with Crippen LogP contribution in [0, 0.1) is 6.92 Å². The predicted octanol–water partition coefficient (Wildman–Crippen LogP) is 3.41. The van der Waals surface area contributed by atoms with Gasteiger partial charge < -0.3 is 4.57 Å². The van der Waals surface area contributed by atoms with E-state index in [4.69, 9.17) is 11.6 Å². The van der Waals surface area contributed by atoms with Gasteiger partial charge in [0.05, 0.1) is 12.1 Å². The monoisotopic (exact) mass is 284 g/mol. The summed E-state index contributed by atoms with van der Waals surface area (Å²) in [5.41, 5.74) is 2.82. The molecule has 0 aliphatic rings. The summed E-state index contributed by atoms with van der Waals surface area (Å²) >= 11 is 6.23. The van der Waals surface area contributed by atoms with Crippen LogP contribution in [-0.2, 0) is 6.54 Å². The summed E-state index contributed by atoms with van der Waals surface area (Å²) in [5.74, 6) is 0. The van der Waals surface area contributed by atoms with Crippen molar-refractivity contribution in [1.29, 1.82) is 0 Å². The van der Waals surface area contributed by atoms with Crippen molar-refractivity contribution in [1.82, 2.24) is 9.55 Å². The first kappa shape index (κ1) is 12.9. The van der Waals surface area contributed by atoms with Crippen molar-refractivity contribution in [2.24, 2.45) is 0 Å². The zero-order valence-corrected chi connectivity index (χ0v) is 11.8. The molecule has 20 heavy (non-hydrogen) atoms. The van der Waals surface area contributed by atoms with E-state index < -0.39 is 0 Å². The minimum absolute atomic E-state index is 0.0485. The molecule has 0 amide bonds. The summed E-state index contributed by atoms with van der Waals surface area (Å²) in [7, 11) is 0. The summed E-state index contributed by atoms with van der Waals surface area (Å²) < 4.78 is 1.61. The van der Waals surface area contributed by atoms with E-state index in [1.54, 1.807) is 16.8 Å². The van der Waals surface area contributed by atoms with Crippen molar-refractivity contribution >= 4 is 22.5 Å². The normalized spacial score (nSPS) is 10.9. The fraction of sp³-hybridized carbons (Fsp3) is 0.125. The third-order valence-corrected chi connectivity index (χ3v) is 3.57. The predicted molar refractivity (Wildman–Crippen MR) is 81.3 cm³/mol. The average molecular weight is 285 g/mol. The molecule has 0 saturated heterocycles. The highest BCUT2D eigenvalue weighted by Crippen LogP contribution is 2.22. The Morgan fingerprint density at radius 3 is 2.85 bits per heavy atom. The number of benzene rings is 1. The van der Waals surface area contributed by atoms with E-state index in [0.717, 1.165) is 22.0 Å². The van der Waals surface area contributed by atoms with Crippen LogP contribution in [0.15, 0.2) is 53.5 Å². The van der Waals surface area contributed by atoms with Gasteiger partial charge in [-0.1, -0.05) is 29.8 Å². The summed E-state index contributed by atoms with van der Waals surface area (Å²) in [5, 5.41) is 1.47. The molecule has 0 unspecified atom stereocenters. The molecule has 0 aliphatic heterocycles. The Balaban J connectivity index is 2.08. The Morgan fingerprint density at radius 1 is 1.20 bits per heavy atom. The van der Waals surface area contributed by atoms with Gasteiger partial charge in [-0.25, -0.2) is 4.98 Å². The molecule has 0 radical (unpaired) electrons. The lowest BCUT2D eigenvalue weighted by molar-refractivity contribution is 0.758. The SMILES string of the molecule is Cc1ccc2cc(Cn3ccccc3=O)c(Cl)nc2c1. The van der Waals surface area contributed by atoms with E-state index in [-0.39, 0.29) is 5.56 Å². The van der Waals surface area contributed by atoms with Crippen LogP contribution in [0.3, 0.4) is 0 Å². The average Bonchev–Trinajstić information content (AvgIpc) is 2.42. The van der Waals surface area contributed by atoms with Crippen LogP contribution in [0.4, 0.5) is 0 Å². The van der Waals surface area contributed by atoms with Crippen LogP contribution in [0.25, 0.3) is 10.9 Å². The maximum absolute atomic E-state index is 11.7. The summed E-state index contributed by atoms with van der Waals surface area (Å²) in [6.45, 7) is 2.45. The quantitative estimate of drug-likeness (QED) is 0.676. The van der Waals surface area contributed by atoms with Gasteiger partial charge in [-0.2, -0.15) is 0 Å². The molecule has 1 aromatic carbocycles. The van der Waals surface area contributed by atoms with Crippen molar-refractivity contribution in [2.45, 2.75) is 13.5 Å². The van der Waals surface area contributed by atoms with Crippen molar-refractivity contribution in [3.05, 3.63) is 75.3 Å². The Kier molecular flexibility index (Phi) is 3.28. The lowest BCUT2D eigenvalue weighted by Gasteiger charge is -2.08. The highest BCUT2D eigenvalue weighted by molar-refractivity contribution is 6.30. The van der Waals surface area contributed by atoms with Crippen molar-refractivity contribution < 1.29 is 0 Å². The largest absolute Gasteiger partial charge is 0.311 e. The topological polar surface area (TPSA) is 34.9 Å². The first-order chi connectivity index (χ1) is 9.63. The lowest BCUT2D eigenvalue weighted by atomic mass is 10.1. The van der Waals surface area contributed by atoms with Crippen LogP contribution in [0.5, 0.6) is 0 Å². The molecular formula is C16H13ClN2O. The van der Waals surface area contributed by atoms with E-state index >= 15 is 0 Å². The van der Waals surface area contributed by atoms with E-state index in [1.165, 1.54) is 6.07 Å². The summed E-state index contributed by atoms with van der Waals surface area (Å²) in [6.07, 6.45) is 1.75. The number of halogens is 1. The molecule has 2 aromatic heterocycles. The minimum atomic E-state index is -0.0485. The number of nitrogens with zero attached hydrogens (tertiary/aromatic N) is 2. The number of pyridine rings is 2. The highest BCUT2D eigenvalue weighted by atomic mass is 35.5. The molecule has 3 nitrogen and oxygen atoms in total. The van der Waals surface area contributed by atoms with Crippen LogP contribution >= 0.6 is 11.6 Å². The van der Waals surface area contributed by atoms with Gasteiger partial charge in [-0.3, -0.25) is 4.79 Å².